The van der Waals surface area contributed by atoms with Gasteiger partial charge in [0.1, 0.15) is 4.90 Å². The van der Waals surface area contributed by atoms with Gasteiger partial charge < -0.3 is 5.32 Å². The smallest absolute Gasteiger partial charge is 0.242 e. The Bertz CT molecular complexity index is 528. The van der Waals surface area contributed by atoms with Crippen LogP contribution in [0, 0.1) is 5.92 Å². The van der Waals surface area contributed by atoms with Crippen LogP contribution >= 0.6 is 0 Å². The molecule has 0 spiro atoms. The summed E-state index contributed by atoms with van der Waals surface area (Å²) in [6, 6.07) is 7.49. The Morgan fingerprint density at radius 2 is 2.00 bits per heavy atom. The highest BCUT2D eigenvalue weighted by Gasteiger charge is 2.27. The molecule has 1 aliphatic rings. The topological polar surface area (TPSA) is 58.2 Å². The van der Waals surface area contributed by atoms with E-state index in [1.807, 2.05) is 12.1 Å². The first-order valence-electron chi connectivity index (χ1n) is 6.87. The van der Waals surface area contributed by atoms with E-state index in [1.54, 1.807) is 12.1 Å². The number of hydrogen-bond acceptors (Lipinski definition) is 3. The van der Waals surface area contributed by atoms with Crippen molar-refractivity contribution in [1.29, 1.82) is 0 Å². The second-order valence-electron chi connectivity index (χ2n) is 5.05. The average Bonchev–Trinajstić information content (AvgIpc) is 2.86. The lowest BCUT2D eigenvalue weighted by atomic mass is 10.0. The molecule has 4 nitrogen and oxygen atoms in total. The summed E-state index contributed by atoms with van der Waals surface area (Å²) in [4.78, 5) is 0.333. The van der Waals surface area contributed by atoms with Crippen LogP contribution in [0.3, 0.4) is 0 Å². The zero-order valence-corrected chi connectivity index (χ0v) is 12.3. The van der Waals surface area contributed by atoms with E-state index in [2.05, 4.69) is 17.0 Å². The largest absolute Gasteiger partial charge is 0.381 e. The molecule has 0 aliphatic heterocycles. The molecule has 106 valence electrons. The zero-order chi connectivity index (χ0) is 13.9. The van der Waals surface area contributed by atoms with Crippen LogP contribution in [0.15, 0.2) is 29.2 Å². The maximum absolute atomic E-state index is 12.0. The van der Waals surface area contributed by atoms with Gasteiger partial charge in [-0.15, -0.1) is 0 Å². The van der Waals surface area contributed by atoms with E-state index < -0.39 is 10.0 Å². The minimum atomic E-state index is -3.41. The number of anilines is 1. The van der Waals surface area contributed by atoms with Crippen LogP contribution in [0.25, 0.3) is 0 Å². The summed E-state index contributed by atoms with van der Waals surface area (Å²) in [5.41, 5.74) is 0.710. The van der Waals surface area contributed by atoms with E-state index in [0.29, 0.717) is 22.5 Å². The van der Waals surface area contributed by atoms with Gasteiger partial charge in [-0.1, -0.05) is 31.9 Å². The highest BCUT2D eigenvalue weighted by molar-refractivity contribution is 7.89. The summed E-state index contributed by atoms with van der Waals surface area (Å²) < 4.78 is 26.4. The summed E-state index contributed by atoms with van der Waals surface area (Å²) in [6.07, 6.45) is 4.71. The Morgan fingerprint density at radius 1 is 1.26 bits per heavy atom. The molecule has 1 saturated carbocycles. The minimum Gasteiger partial charge on any atom is -0.381 e. The molecule has 1 fully saturated rings. The molecule has 19 heavy (non-hydrogen) atoms. The Labute approximate surface area is 115 Å². The molecule has 0 saturated heterocycles. The molecule has 0 aromatic heterocycles. The highest BCUT2D eigenvalue weighted by Crippen LogP contribution is 2.32. The van der Waals surface area contributed by atoms with E-state index in [9.17, 15) is 8.42 Å². The number of benzene rings is 1. The molecule has 0 heterocycles. The normalized spacial score (nSPS) is 23.5. The van der Waals surface area contributed by atoms with Crippen molar-refractivity contribution in [1.82, 2.24) is 4.72 Å². The maximum Gasteiger partial charge on any atom is 0.242 e. The molecule has 2 rings (SSSR count). The van der Waals surface area contributed by atoms with Gasteiger partial charge in [-0.25, -0.2) is 13.1 Å². The second-order valence-corrected chi connectivity index (χ2v) is 6.91. The van der Waals surface area contributed by atoms with Gasteiger partial charge in [-0.2, -0.15) is 0 Å². The quantitative estimate of drug-likeness (QED) is 0.872. The number of sulfonamides is 1. The van der Waals surface area contributed by atoms with Gasteiger partial charge in [0.15, 0.2) is 0 Å². The third-order valence-corrected chi connectivity index (χ3v) is 5.44. The van der Waals surface area contributed by atoms with Gasteiger partial charge >= 0.3 is 0 Å². The first-order chi connectivity index (χ1) is 9.08. The molecule has 0 amide bonds. The van der Waals surface area contributed by atoms with Crippen LogP contribution in [-0.2, 0) is 10.0 Å². The molecule has 1 aliphatic carbocycles. The lowest BCUT2D eigenvalue weighted by molar-refractivity contribution is 0.488. The van der Waals surface area contributed by atoms with E-state index in [-0.39, 0.29) is 0 Å². The third-order valence-electron chi connectivity index (χ3n) is 3.97. The molecule has 0 radical (unpaired) electrons. The summed E-state index contributed by atoms with van der Waals surface area (Å²) in [5, 5.41) is 3.43. The first-order valence-corrected chi connectivity index (χ1v) is 8.36. The predicted molar refractivity (Wildman–Crippen MR) is 77.7 cm³/mol. The molecule has 2 atom stereocenters. The van der Waals surface area contributed by atoms with Crippen LogP contribution in [0.5, 0.6) is 0 Å². The lowest BCUT2D eigenvalue weighted by Gasteiger charge is -2.22. The molecular weight excluding hydrogens is 260 g/mol. The van der Waals surface area contributed by atoms with Crippen molar-refractivity contribution < 1.29 is 8.42 Å². The fourth-order valence-electron chi connectivity index (χ4n) is 2.85. The fraction of sp³-hybridized carbons (Fsp3) is 0.571. The SMILES string of the molecule is CCC1CCCC1Nc1ccccc1S(=O)(=O)NC. The van der Waals surface area contributed by atoms with Crippen LogP contribution in [0.1, 0.15) is 32.6 Å². The van der Waals surface area contributed by atoms with Gasteiger partial charge in [-0.05, 0) is 37.9 Å². The van der Waals surface area contributed by atoms with Gasteiger partial charge in [-0.3, -0.25) is 0 Å². The monoisotopic (exact) mass is 282 g/mol. The zero-order valence-electron chi connectivity index (χ0n) is 11.5. The number of rotatable bonds is 5. The summed E-state index contributed by atoms with van der Waals surface area (Å²) in [5.74, 6) is 0.644. The van der Waals surface area contributed by atoms with Gasteiger partial charge in [0.25, 0.3) is 0 Å². The standard InChI is InChI=1S/C14H22N2O2S/c1-3-11-7-6-9-12(11)16-13-8-4-5-10-14(13)19(17,18)15-2/h4-5,8,10-12,15-16H,3,6-7,9H2,1-2H3. The van der Waals surface area contributed by atoms with Gasteiger partial charge in [0, 0.05) is 6.04 Å². The van der Waals surface area contributed by atoms with Crippen molar-refractivity contribution in [2.45, 2.75) is 43.5 Å². The van der Waals surface area contributed by atoms with Crippen LogP contribution < -0.4 is 10.0 Å². The van der Waals surface area contributed by atoms with Crippen LogP contribution in [0.2, 0.25) is 0 Å². The Kier molecular flexibility index (Phi) is 4.47. The van der Waals surface area contributed by atoms with E-state index in [0.717, 1.165) is 12.8 Å². The Hall–Kier alpha value is -1.07. The van der Waals surface area contributed by atoms with Crippen molar-refractivity contribution in [3.63, 3.8) is 0 Å². The number of para-hydroxylation sites is 1. The van der Waals surface area contributed by atoms with E-state index >= 15 is 0 Å². The molecule has 2 N–H and O–H groups in total. The molecular formula is C14H22N2O2S. The predicted octanol–water partition coefficient (Wildman–Crippen LogP) is 2.59. The maximum atomic E-state index is 12.0. The summed E-state index contributed by atoms with van der Waals surface area (Å²) >= 11 is 0. The minimum absolute atomic E-state index is 0.333. The highest BCUT2D eigenvalue weighted by atomic mass is 32.2. The lowest BCUT2D eigenvalue weighted by Crippen LogP contribution is -2.26. The molecule has 1 aromatic carbocycles. The molecule has 5 heteroatoms. The number of hydrogen-bond donors (Lipinski definition) is 2. The van der Waals surface area contributed by atoms with Crippen LogP contribution in [-0.4, -0.2) is 21.5 Å². The number of nitrogens with one attached hydrogen (secondary N) is 2. The van der Waals surface area contributed by atoms with Gasteiger partial charge in [0.05, 0.1) is 5.69 Å². The van der Waals surface area contributed by atoms with Crippen molar-refractivity contribution in [3.05, 3.63) is 24.3 Å². The molecule has 0 bridgehead atoms. The van der Waals surface area contributed by atoms with Crippen LogP contribution in [0.4, 0.5) is 5.69 Å². The van der Waals surface area contributed by atoms with Crippen molar-refractivity contribution in [2.24, 2.45) is 5.92 Å². The van der Waals surface area contributed by atoms with Crippen molar-refractivity contribution in [3.8, 4) is 0 Å². The fourth-order valence-corrected chi connectivity index (χ4v) is 3.74. The molecule has 2 unspecified atom stereocenters. The van der Waals surface area contributed by atoms with Gasteiger partial charge in [0.2, 0.25) is 10.0 Å². The van der Waals surface area contributed by atoms with Crippen molar-refractivity contribution >= 4 is 15.7 Å². The average molecular weight is 282 g/mol. The summed E-state index contributed by atoms with van der Waals surface area (Å²) in [6.45, 7) is 2.20. The van der Waals surface area contributed by atoms with E-state index in [1.165, 1.54) is 19.9 Å². The summed E-state index contributed by atoms with van der Waals surface area (Å²) in [7, 11) is -1.97. The second kappa shape index (κ2) is 5.92. The van der Waals surface area contributed by atoms with Crippen molar-refractivity contribution in [2.75, 3.05) is 12.4 Å². The van der Waals surface area contributed by atoms with E-state index in [4.69, 9.17) is 0 Å². The third kappa shape index (κ3) is 3.09. The first kappa shape index (κ1) is 14.3. The Balaban J connectivity index is 2.26. The Morgan fingerprint density at radius 3 is 2.68 bits per heavy atom. The molecule has 1 aromatic rings.